The summed E-state index contributed by atoms with van der Waals surface area (Å²) in [6.45, 7) is 14.0. The summed E-state index contributed by atoms with van der Waals surface area (Å²) in [7, 11) is 0. The van der Waals surface area contributed by atoms with Crippen LogP contribution in [0, 0.1) is 25.2 Å². The number of benzene rings is 4. The molecule has 0 aliphatic heterocycles. The van der Waals surface area contributed by atoms with Gasteiger partial charge < -0.3 is 4.57 Å². The zero-order chi connectivity index (χ0) is 31.6. The number of fused-ring (bicyclic) bond motifs is 3. The second-order valence-electron chi connectivity index (χ2n) is 12.0. The first-order chi connectivity index (χ1) is 21.1. The largest absolute Gasteiger partial charge is 0.309 e. The van der Waals surface area contributed by atoms with Crippen molar-refractivity contribution in [2.24, 2.45) is 0 Å². The van der Waals surface area contributed by atoms with Crippen molar-refractivity contribution in [3.63, 3.8) is 0 Å². The Morgan fingerprint density at radius 3 is 2.14 bits per heavy atom. The van der Waals surface area contributed by atoms with Crippen LogP contribution in [0.4, 0.5) is 4.39 Å². The maximum atomic E-state index is 15.4. The molecule has 6 rings (SSSR count). The third-order valence-electron chi connectivity index (χ3n) is 8.68. The predicted molar refractivity (Wildman–Crippen MR) is 180 cm³/mol. The van der Waals surface area contributed by atoms with E-state index in [1.165, 1.54) is 12.8 Å². The van der Waals surface area contributed by atoms with Crippen LogP contribution in [-0.2, 0) is 5.41 Å². The first kappa shape index (κ1) is 30.7. The quantitative estimate of drug-likeness (QED) is 0.195. The molecule has 0 amide bonds. The molecular weight excluding hydrogens is 545 g/mol. The van der Waals surface area contributed by atoms with Gasteiger partial charge in [0.15, 0.2) is 5.82 Å². The highest BCUT2D eigenvalue weighted by molar-refractivity contribution is 6.11. The molecular formula is C38H40FN5. The summed E-state index contributed by atoms with van der Waals surface area (Å²) in [6, 6.07) is 28.5. The van der Waals surface area contributed by atoms with E-state index in [1.54, 1.807) is 13.3 Å². The maximum Gasteiger partial charge on any atom is 0.163 e. The Balaban J connectivity index is 0.000000906. The molecule has 0 radical (unpaired) electrons. The Morgan fingerprint density at radius 1 is 0.864 bits per heavy atom. The first-order valence-corrected chi connectivity index (χ1v) is 15.3. The van der Waals surface area contributed by atoms with Gasteiger partial charge >= 0.3 is 0 Å². The number of hydrogen-bond donors (Lipinski definition) is 0. The van der Waals surface area contributed by atoms with E-state index in [0.717, 1.165) is 55.4 Å². The molecule has 5 nitrogen and oxygen atoms in total. The van der Waals surface area contributed by atoms with E-state index in [1.807, 2.05) is 61.0 Å². The van der Waals surface area contributed by atoms with Crippen LogP contribution in [0.2, 0.25) is 0 Å². The highest BCUT2D eigenvalue weighted by Crippen LogP contribution is 2.43. The average Bonchev–Trinajstić information content (AvgIpc) is 3.63. The Labute approximate surface area is 259 Å². The van der Waals surface area contributed by atoms with Crippen LogP contribution in [0.5, 0.6) is 0 Å². The molecule has 1 atom stereocenters. The molecule has 224 valence electrons. The fraction of sp³-hybridized carbons (Fsp3) is 0.289. The molecule has 44 heavy (non-hydrogen) atoms. The normalized spacial score (nSPS) is 12.2. The number of aryl methyl sites for hydroxylation is 2. The fourth-order valence-corrected chi connectivity index (χ4v) is 5.65. The Morgan fingerprint density at radius 2 is 1.52 bits per heavy atom. The van der Waals surface area contributed by atoms with Gasteiger partial charge in [0.2, 0.25) is 0 Å². The second kappa shape index (κ2) is 12.5. The minimum absolute atomic E-state index is 0.585. The fourth-order valence-electron chi connectivity index (χ4n) is 5.65. The van der Waals surface area contributed by atoms with Gasteiger partial charge in [-0.05, 0) is 79.9 Å². The summed E-state index contributed by atoms with van der Waals surface area (Å²) in [4.78, 5) is 4.73. The summed E-state index contributed by atoms with van der Waals surface area (Å²) in [5.41, 5.74) is 7.46. The smallest absolute Gasteiger partial charge is 0.163 e. The van der Waals surface area contributed by atoms with E-state index >= 15 is 4.39 Å². The van der Waals surface area contributed by atoms with Crippen molar-refractivity contribution >= 4 is 21.8 Å². The number of rotatable bonds is 6. The third-order valence-corrected chi connectivity index (χ3v) is 8.68. The molecule has 0 fully saturated rings. The van der Waals surface area contributed by atoms with Gasteiger partial charge in [0.05, 0.1) is 28.4 Å². The highest BCUT2D eigenvalue weighted by atomic mass is 19.1. The van der Waals surface area contributed by atoms with E-state index in [0.29, 0.717) is 11.4 Å². The minimum Gasteiger partial charge on any atom is -0.309 e. The Bertz CT molecular complexity index is 1950. The molecule has 0 spiro atoms. The molecule has 0 bridgehead atoms. The monoisotopic (exact) mass is 585 g/mol. The summed E-state index contributed by atoms with van der Waals surface area (Å²) >= 11 is 0. The molecule has 6 aromatic rings. The van der Waals surface area contributed by atoms with Crippen LogP contribution in [0.25, 0.3) is 44.6 Å². The van der Waals surface area contributed by atoms with Gasteiger partial charge in [-0.15, -0.1) is 0 Å². The Kier molecular flexibility index (Phi) is 8.69. The number of unbranched alkanes of at least 4 members (excludes halogenated alkanes) is 1. The summed E-state index contributed by atoms with van der Waals surface area (Å²) in [5.74, 6) is 0.653. The standard InChI is InChI=1S/C34H30FN5.C4H10/c1-21-10-9-11-22(2)32(21)40-33(37-20-38-40)28-17-27-26-16-24(19-36)14-15-30(26)39(25-12-7-6-8-13-25)31(27)18-29(28)34(4,5)23(3)35;1-3-4-2/h6-18,20,23H,1-5H3;3-4H2,1-2H3/t23-;/m1./s1. The first-order valence-electron chi connectivity index (χ1n) is 15.3. The highest BCUT2D eigenvalue weighted by Gasteiger charge is 2.33. The third kappa shape index (κ3) is 5.39. The molecule has 0 N–H and O–H groups in total. The number of para-hydroxylation sites is 2. The summed E-state index contributed by atoms with van der Waals surface area (Å²) in [5, 5.41) is 16.3. The van der Waals surface area contributed by atoms with Crippen molar-refractivity contribution in [1.29, 1.82) is 5.26 Å². The lowest BCUT2D eigenvalue weighted by atomic mass is 9.77. The predicted octanol–water partition coefficient (Wildman–Crippen LogP) is 9.96. The molecule has 0 unspecified atom stereocenters. The van der Waals surface area contributed by atoms with Crippen LogP contribution >= 0.6 is 0 Å². The number of halogens is 1. The van der Waals surface area contributed by atoms with Crippen LogP contribution in [0.3, 0.4) is 0 Å². The van der Waals surface area contributed by atoms with Gasteiger partial charge in [0, 0.05) is 27.4 Å². The van der Waals surface area contributed by atoms with E-state index in [-0.39, 0.29) is 0 Å². The zero-order valence-corrected chi connectivity index (χ0v) is 26.7. The maximum absolute atomic E-state index is 15.4. The molecule has 0 aliphatic carbocycles. The number of alkyl halides is 1. The number of nitriles is 1. The minimum atomic E-state index is -1.12. The molecule has 4 aromatic carbocycles. The van der Waals surface area contributed by atoms with Gasteiger partial charge in [-0.3, -0.25) is 0 Å². The second-order valence-corrected chi connectivity index (χ2v) is 12.0. The van der Waals surface area contributed by atoms with Gasteiger partial charge in [-0.1, -0.05) is 76.9 Å². The van der Waals surface area contributed by atoms with Gasteiger partial charge in [0.1, 0.15) is 12.5 Å². The van der Waals surface area contributed by atoms with Crippen LogP contribution in [0.1, 0.15) is 69.7 Å². The van der Waals surface area contributed by atoms with Crippen LogP contribution in [0.15, 0.2) is 85.2 Å². The molecule has 0 saturated carbocycles. The van der Waals surface area contributed by atoms with Crippen molar-refractivity contribution < 1.29 is 4.39 Å². The van der Waals surface area contributed by atoms with E-state index in [9.17, 15) is 5.26 Å². The van der Waals surface area contributed by atoms with Gasteiger partial charge in [0.25, 0.3) is 0 Å². The lowest BCUT2D eigenvalue weighted by Crippen LogP contribution is -2.29. The van der Waals surface area contributed by atoms with Crippen molar-refractivity contribution in [1.82, 2.24) is 19.3 Å². The lowest BCUT2D eigenvalue weighted by Gasteiger charge is -2.30. The number of nitrogens with zero attached hydrogens (tertiary/aromatic N) is 5. The number of aromatic nitrogens is 4. The SMILES string of the molecule is CCCC.Cc1cccc(C)c1-n1ncnc1-c1cc2c3cc(C#N)ccc3n(-c3ccccc3)c2cc1C(C)(C)[C@@H](C)F. The van der Waals surface area contributed by atoms with Gasteiger partial charge in [-0.25, -0.2) is 14.1 Å². The van der Waals surface area contributed by atoms with Crippen molar-refractivity contribution in [3.8, 4) is 28.8 Å². The number of hydrogen-bond acceptors (Lipinski definition) is 3. The van der Waals surface area contributed by atoms with Crippen molar-refractivity contribution in [2.45, 2.75) is 72.9 Å². The molecule has 0 aliphatic rings. The van der Waals surface area contributed by atoms with Crippen LogP contribution in [-0.4, -0.2) is 25.5 Å². The topological polar surface area (TPSA) is 59.4 Å². The summed E-state index contributed by atoms with van der Waals surface area (Å²) in [6.07, 6.45) is 3.07. The average molecular weight is 586 g/mol. The molecule has 2 aromatic heterocycles. The van der Waals surface area contributed by atoms with E-state index < -0.39 is 11.6 Å². The lowest BCUT2D eigenvalue weighted by molar-refractivity contribution is 0.237. The molecule has 6 heteroatoms. The van der Waals surface area contributed by atoms with E-state index in [4.69, 9.17) is 4.98 Å². The molecule has 2 heterocycles. The van der Waals surface area contributed by atoms with Crippen LogP contribution < -0.4 is 0 Å². The van der Waals surface area contributed by atoms with E-state index in [2.05, 4.69) is 79.8 Å². The Hall–Kier alpha value is -4.76. The van der Waals surface area contributed by atoms with Crippen molar-refractivity contribution in [3.05, 3.63) is 107 Å². The molecule has 0 saturated heterocycles. The summed E-state index contributed by atoms with van der Waals surface area (Å²) < 4.78 is 19.4. The van der Waals surface area contributed by atoms with Gasteiger partial charge in [-0.2, -0.15) is 10.4 Å². The van der Waals surface area contributed by atoms with Crippen molar-refractivity contribution in [2.75, 3.05) is 0 Å². The zero-order valence-electron chi connectivity index (χ0n) is 26.7.